The van der Waals surface area contributed by atoms with Crippen molar-refractivity contribution in [1.29, 1.82) is 0 Å². The lowest BCUT2D eigenvalue weighted by atomic mass is 9.93. The molecule has 0 unspecified atom stereocenters. The van der Waals surface area contributed by atoms with Gasteiger partial charge in [-0.1, -0.05) is 19.9 Å². The normalized spacial score (nSPS) is 13.6. The number of nitrogens with one attached hydrogen (secondary N) is 2. The van der Waals surface area contributed by atoms with Crippen LogP contribution in [-0.2, 0) is 4.79 Å². The van der Waals surface area contributed by atoms with Crippen LogP contribution in [0.4, 0.5) is 0 Å². The zero-order valence-corrected chi connectivity index (χ0v) is 11.1. The molecule has 0 aliphatic carbocycles. The van der Waals surface area contributed by atoms with Gasteiger partial charge in [-0.3, -0.25) is 4.79 Å². The van der Waals surface area contributed by atoms with Crippen molar-refractivity contribution in [2.45, 2.75) is 19.9 Å². The van der Waals surface area contributed by atoms with Gasteiger partial charge >= 0.3 is 0 Å². The van der Waals surface area contributed by atoms with E-state index in [-0.39, 0.29) is 17.4 Å². The highest BCUT2D eigenvalue weighted by Gasteiger charge is 2.21. The molecule has 0 heterocycles. The van der Waals surface area contributed by atoms with Crippen LogP contribution < -0.4 is 10.6 Å². The summed E-state index contributed by atoms with van der Waals surface area (Å²) in [5.41, 5.74) is 0.0681. The molecule has 0 bridgehead atoms. The van der Waals surface area contributed by atoms with E-state index in [0.29, 0.717) is 6.54 Å². The SMILES string of the molecule is C=C[C@@H](NC)C(=O)NCC(C)(C)CN(C)C. The summed E-state index contributed by atoms with van der Waals surface area (Å²) in [6.45, 7) is 9.48. The van der Waals surface area contributed by atoms with E-state index in [1.165, 1.54) is 0 Å². The summed E-state index contributed by atoms with van der Waals surface area (Å²) < 4.78 is 0. The summed E-state index contributed by atoms with van der Waals surface area (Å²) in [4.78, 5) is 13.8. The highest BCUT2D eigenvalue weighted by Crippen LogP contribution is 2.14. The minimum Gasteiger partial charge on any atom is -0.354 e. The summed E-state index contributed by atoms with van der Waals surface area (Å²) in [7, 11) is 5.81. The van der Waals surface area contributed by atoms with Crippen molar-refractivity contribution in [1.82, 2.24) is 15.5 Å². The molecule has 0 spiro atoms. The van der Waals surface area contributed by atoms with E-state index < -0.39 is 0 Å². The van der Waals surface area contributed by atoms with E-state index in [0.717, 1.165) is 6.54 Å². The van der Waals surface area contributed by atoms with Gasteiger partial charge in [-0.15, -0.1) is 6.58 Å². The molecule has 4 heteroatoms. The first-order valence-corrected chi connectivity index (χ1v) is 5.54. The van der Waals surface area contributed by atoms with Crippen LogP contribution in [0.15, 0.2) is 12.7 Å². The zero-order valence-electron chi connectivity index (χ0n) is 11.1. The quantitative estimate of drug-likeness (QED) is 0.621. The third-order valence-corrected chi connectivity index (χ3v) is 2.31. The topological polar surface area (TPSA) is 44.4 Å². The summed E-state index contributed by atoms with van der Waals surface area (Å²) in [6.07, 6.45) is 1.61. The van der Waals surface area contributed by atoms with E-state index in [2.05, 4.69) is 36.0 Å². The molecule has 16 heavy (non-hydrogen) atoms. The Morgan fingerprint density at radius 3 is 2.44 bits per heavy atom. The average molecular weight is 227 g/mol. The van der Waals surface area contributed by atoms with Crippen LogP contribution in [0, 0.1) is 5.41 Å². The molecule has 2 N–H and O–H groups in total. The molecule has 0 fully saturated rings. The Kier molecular flexibility index (Phi) is 6.29. The number of carbonyl (C=O) groups excluding carboxylic acids is 1. The molecule has 0 aromatic rings. The van der Waals surface area contributed by atoms with Gasteiger partial charge in [-0.05, 0) is 26.6 Å². The predicted octanol–water partition coefficient (Wildman–Crippen LogP) is 0.464. The lowest BCUT2D eigenvalue weighted by Gasteiger charge is -2.29. The molecular formula is C12H25N3O. The van der Waals surface area contributed by atoms with Crippen LogP contribution in [0.1, 0.15) is 13.8 Å². The molecule has 0 radical (unpaired) electrons. The Labute approximate surface area is 99.1 Å². The first-order chi connectivity index (χ1) is 7.32. The van der Waals surface area contributed by atoms with Crippen molar-refractivity contribution in [3.05, 3.63) is 12.7 Å². The molecule has 4 nitrogen and oxygen atoms in total. The fraction of sp³-hybridized carbons (Fsp3) is 0.750. The standard InChI is InChI=1S/C12H25N3O/c1-7-10(13-4)11(16)14-8-12(2,3)9-15(5)6/h7,10,13H,1,8-9H2,2-6H3,(H,14,16)/t10-/m1/s1. The number of hydrogen-bond donors (Lipinski definition) is 2. The van der Waals surface area contributed by atoms with Crippen molar-refractivity contribution >= 4 is 5.91 Å². The van der Waals surface area contributed by atoms with Crippen LogP contribution >= 0.6 is 0 Å². The van der Waals surface area contributed by atoms with E-state index in [9.17, 15) is 4.79 Å². The third-order valence-electron chi connectivity index (χ3n) is 2.31. The molecule has 0 aliphatic heterocycles. The van der Waals surface area contributed by atoms with Crippen molar-refractivity contribution in [3.8, 4) is 0 Å². The lowest BCUT2D eigenvalue weighted by molar-refractivity contribution is -0.122. The molecule has 0 aromatic heterocycles. The third kappa shape index (κ3) is 5.88. The van der Waals surface area contributed by atoms with Crippen molar-refractivity contribution in [2.75, 3.05) is 34.2 Å². The molecule has 0 aromatic carbocycles. The Balaban J connectivity index is 4.12. The Bertz CT molecular complexity index is 236. The van der Waals surface area contributed by atoms with Crippen molar-refractivity contribution in [3.63, 3.8) is 0 Å². The van der Waals surface area contributed by atoms with Gasteiger partial charge in [-0.2, -0.15) is 0 Å². The average Bonchev–Trinajstić information content (AvgIpc) is 2.15. The van der Waals surface area contributed by atoms with Gasteiger partial charge in [0.05, 0.1) is 0 Å². The maximum Gasteiger partial charge on any atom is 0.241 e. The first-order valence-electron chi connectivity index (χ1n) is 5.54. The fourth-order valence-corrected chi connectivity index (χ4v) is 1.70. The summed E-state index contributed by atoms with van der Waals surface area (Å²) >= 11 is 0. The number of nitrogens with zero attached hydrogens (tertiary/aromatic N) is 1. The largest absolute Gasteiger partial charge is 0.354 e. The molecule has 0 saturated heterocycles. The number of amides is 1. The van der Waals surface area contributed by atoms with Crippen molar-refractivity contribution in [2.24, 2.45) is 5.41 Å². The van der Waals surface area contributed by atoms with Gasteiger partial charge in [0.15, 0.2) is 0 Å². The smallest absolute Gasteiger partial charge is 0.241 e. The predicted molar refractivity (Wildman–Crippen MR) is 68.4 cm³/mol. The minimum atomic E-state index is -0.310. The van der Waals surface area contributed by atoms with Gasteiger partial charge in [0, 0.05) is 13.1 Å². The highest BCUT2D eigenvalue weighted by atomic mass is 16.2. The van der Waals surface area contributed by atoms with E-state index in [4.69, 9.17) is 0 Å². The Hall–Kier alpha value is -0.870. The number of rotatable bonds is 7. The maximum absolute atomic E-state index is 11.7. The lowest BCUT2D eigenvalue weighted by Crippen LogP contribution is -2.46. The molecule has 94 valence electrons. The Morgan fingerprint density at radius 2 is 2.06 bits per heavy atom. The van der Waals surface area contributed by atoms with Gasteiger partial charge < -0.3 is 15.5 Å². The molecule has 0 aliphatic rings. The second kappa shape index (κ2) is 6.66. The maximum atomic E-state index is 11.7. The highest BCUT2D eigenvalue weighted by molar-refractivity contribution is 5.83. The van der Waals surface area contributed by atoms with E-state index >= 15 is 0 Å². The van der Waals surface area contributed by atoms with Crippen LogP contribution in [0.3, 0.4) is 0 Å². The monoisotopic (exact) mass is 227 g/mol. The van der Waals surface area contributed by atoms with Crippen LogP contribution in [0.25, 0.3) is 0 Å². The fourth-order valence-electron chi connectivity index (χ4n) is 1.70. The van der Waals surface area contributed by atoms with E-state index in [1.54, 1.807) is 13.1 Å². The minimum absolute atomic E-state index is 0.0238. The van der Waals surface area contributed by atoms with Gasteiger partial charge in [0.1, 0.15) is 6.04 Å². The molecule has 0 saturated carbocycles. The molecule has 1 atom stereocenters. The van der Waals surface area contributed by atoms with Crippen LogP contribution in [-0.4, -0.2) is 51.1 Å². The van der Waals surface area contributed by atoms with Gasteiger partial charge in [-0.25, -0.2) is 0 Å². The number of carbonyl (C=O) groups is 1. The van der Waals surface area contributed by atoms with Crippen LogP contribution in [0.5, 0.6) is 0 Å². The zero-order chi connectivity index (χ0) is 12.8. The number of likely N-dealkylation sites (N-methyl/N-ethyl adjacent to an activating group) is 1. The summed E-state index contributed by atoms with van der Waals surface area (Å²) in [5.74, 6) is -0.0238. The second-order valence-electron chi connectivity index (χ2n) is 5.12. The molecule has 1 amide bonds. The molecule has 0 rings (SSSR count). The second-order valence-corrected chi connectivity index (χ2v) is 5.12. The van der Waals surface area contributed by atoms with Crippen LogP contribution in [0.2, 0.25) is 0 Å². The van der Waals surface area contributed by atoms with Gasteiger partial charge in [0.2, 0.25) is 5.91 Å². The Morgan fingerprint density at radius 1 is 1.50 bits per heavy atom. The number of hydrogen-bond acceptors (Lipinski definition) is 3. The molecular weight excluding hydrogens is 202 g/mol. The van der Waals surface area contributed by atoms with Gasteiger partial charge in [0.25, 0.3) is 0 Å². The summed E-state index contributed by atoms with van der Waals surface area (Å²) in [6, 6.07) is -0.310. The van der Waals surface area contributed by atoms with Crippen molar-refractivity contribution < 1.29 is 4.79 Å². The van der Waals surface area contributed by atoms with E-state index in [1.807, 2.05) is 14.1 Å². The first kappa shape index (κ1) is 15.1. The summed E-state index contributed by atoms with van der Waals surface area (Å²) in [5, 5.41) is 5.82.